The smallest absolute Gasteiger partial charge is 0.328 e. The van der Waals surface area contributed by atoms with Gasteiger partial charge >= 0.3 is 5.97 Å². The van der Waals surface area contributed by atoms with E-state index >= 15 is 0 Å². The lowest BCUT2D eigenvalue weighted by atomic mass is 10.2. The van der Waals surface area contributed by atoms with Crippen LogP contribution in [0.5, 0.6) is 0 Å². The van der Waals surface area contributed by atoms with Crippen LogP contribution in [-0.2, 0) is 9.53 Å². The Kier molecular flexibility index (Phi) is 4.22. The summed E-state index contributed by atoms with van der Waals surface area (Å²) in [5.74, 6) is -0.816. The second-order valence-electron chi connectivity index (χ2n) is 4.79. The van der Waals surface area contributed by atoms with Crippen LogP contribution in [0.2, 0.25) is 0 Å². The first-order valence-corrected chi connectivity index (χ1v) is 6.72. The predicted octanol–water partition coefficient (Wildman–Crippen LogP) is 0.851. The molecule has 0 radical (unpaired) electrons. The number of aromatic nitrogens is 1. The normalized spacial score (nSPS) is 18.1. The fourth-order valence-corrected chi connectivity index (χ4v) is 2.39. The van der Waals surface area contributed by atoms with Gasteiger partial charge in [0.2, 0.25) is 0 Å². The average Bonchev–Trinajstić information content (AvgIpc) is 2.87. The molecule has 1 aliphatic rings. The van der Waals surface area contributed by atoms with Crippen molar-refractivity contribution in [3.05, 3.63) is 33.7 Å². The molecule has 0 saturated carbocycles. The number of hydrogen-bond donors (Lipinski definition) is 1. The van der Waals surface area contributed by atoms with E-state index in [2.05, 4.69) is 4.98 Å². The zero-order valence-corrected chi connectivity index (χ0v) is 11.6. The number of ether oxygens (including phenoxy) is 1. The van der Waals surface area contributed by atoms with Gasteiger partial charge in [0.05, 0.1) is 6.61 Å². The molecule has 20 heavy (non-hydrogen) atoms. The zero-order valence-electron chi connectivity index (χ0n) is 11.6. The summed E-state index contributed by atoms with van der Waals surface area (Å²) in [6.07, 6.45) is 1.31. The fraction of sp³-hybridized carbons (Fsp3) is 0.500. The molecule has 0 aromatic carbocycles. The number of nitrogens with zero attached hydrogens (tertiary/aromatic N) is 1. The van der Waals surface area contributed by atoms with Crippen LogP contribution in [0.4, 0.5) is 0 Å². The molecule has 1 aromatic rings. The van der Waals surface area contributed by atoms with E-state index in [0.29, 0.717) is 18.7 Å². The topological polar surface area (TPSA) is 79.5 Å². The van der Waals surface area contributed by atoms with Crippen LogP contribution in [0.15, 0.2) is 16.9 Å². The number of nitrogens with one attached hydrogen (secondary N) is 1. The summed E-state index contributed by atoms with van der Waals surface area (Å²) >= 11 is 0. The maximum atomic E-state index is 12.4. The van der Waals surface area contributed by atoms with Gasteiger partial charge in [0, 0.05) is 12.2 Å². The van der Waals surface area contributed by atoms with Gasteiger partial charge in [-0.25, -0.2) is 4.79 Å². The molecular formula is C14H18N2O4. The first kappa shape index (κ1) is 14.3. The molecule has 6 heteroatoms. The Morgan fingerprint density at radius 1 is 1.45 bits per heavy atom. The number of pyridine rings is 1. The summed E-state index contributed by atoms with van der Waals surface area (Å²) in [5.41, 5.74) is 0.325. The lowest BCUT2D eigenvalue weighted by Gasteiger charge is -2.22. The number of aromatic amines is 1. The lowest BCUT2D eigenvalue weighted by Crippen LogP contribution is -2.43. The van der Waals surface area contributed by atoms with E-state index in [0.717, 1.165) is 6.42 Å². The Morgan fingerprint density at radius 2 is 2.20 bits per heavy atom. The monoisotopic (exact) mass is 278 g/mol. The van der Waals surface area contributed by atoms with Crippen LogP contribution in [0.1, 0.15) is 35.8 Å². The molecule has 1 saturated heterocycles. The molecule has 0 spiro atoms. The predicted molar refractivity (Wildman–Crippen MR) is 72.5 cm³/mol. The third-order valence-corrected chi connectivity index (χ3v) is 3.36. The molecule has 2 rings (SSSR count). The summed E-state index contributed by atoms with van der Waals surface area (Å²) in [6.45, 7) is 4.22. The number of likely N-dealkylation sites (tertiary alicyclic amines) is 1. The van der Waals surface area contributed by atoms with Crippen molar-refractivity contribution in [1.82, 2.24) is 9.88 Å². The highest BCUT2D eigenvalue weighted by Gasteiger charge is 2.36. The number of hydrogen-bond acceptors (Lipinski definition) is 4. The van der Waals surface area contributed by atoms with Crippen molar-refractivity contribution in [2.24, 2.45) is 0 Å². The highest BCUT2D eigenvalue weighted by molar-refractivity contribution is 5.96. The van der Waals surface area contributed by atoms with E-state index in [4.69, 9.17) is 4.74 Å². The summed E-state index contributed by atoms with van der Waals surface area (Å²) < 4.78 is 4.97. The van der Waals surface area contributed by atoms with Crippen LogP contribution in [0.3, 0.4) is 0 Å². The van der Waals surface area contributed by atoms with Crippen molar-refractivity contribution in [1.29, 1.82) is 0 Å². The van der Waals surface area contributed by atoms with Crippen LogP contribution >= 0.6 is 0 Å². The number of aryl methyl sites for hydroxylation is 1. The van der Waals surface area contributed by atoms with Crippen molar-refractivity contribution in [2.75, 3.05) is 13.2 Å². The molecule has 1 unspecified atom stereocenters. The maximum Gasteiger partial charge on any atom is 0.328 e. The molecule has 1 fully saturated rings. The minimum absolute atomic E-state index is 0.0619. The van der Waals surface area contributed by atoms with E-state index in [-0.39, 0.29) is 12.2 Å². The second kappa shape index (κ2) is 5.90. The SMILES string of the molecule is CCOC(=O)C1CCCN1C(=O)c1ccc(C)[nH]c1=O. The molecule has 108 valence electrons. The Hall–Kier alpha value is -2.11. The molecule has 2 heterocycles. The minimum Gasteiger partial charge on any atom is -0.464 e. The molecule has 1 N–H and O–H groups in total. The number of amides is 1. The van der Waals surface area contributed by atoms with Crippen LogP contribution < -0.4 is 5.56 Å². The Labute approximate surface area is 116 Å². The van der Waals surface area contributed by atoms with Gasteiger partial charge in [-0.15, -0.1) is 0 Å². The van der Waals surface area contributed by atoms with Gasteiger partial charge < -0.3 is 14.6 Å². The van der Waals surface area contributed by atoms with Gasteiger partial charge in [0.25, 0.3) is 11.5 Å². The highest BCUT2D eigenvalue weighted by atomic mass is 16.5. The molecule has 1 aliphatic heterocycles. The first-order chi connectivity index (χ1) is 9.54. The second-order valence-corrected chi connectivity index (χ2v) is 4.79. The molecule has 0 aliphatic carbocycles. The van der Waals surface area contributed by atoms with Crippen molar-refractivity contribution in [3.63, 3.8) is 0 Å². The number of carbonyl (C=O) groups is 2. The third-order valence-electron chi connectivity index (χ3n) is 3.36. The summed E-state index contributed by atoms with van der Waals surface area (Å²) in [5, 5.41) is 0. The van der Waals surface area contributed by atoms with Crippen LogP contribution in [0, 0.1) is 6.92 Å². The van der Waals surface area contributed by atoms with Gasteiger partial charge in [-0.2, -0.15) is 0 Å². The van der Waals surface area contributed by atoms with Crippen molar-refractivity contribution >= 4 is 11.9 Å². The lowest BCUT2D eigenvalue weighted by molar-refractivity contribution is -0.147. The van der Waals surface area contributed by atoms with Crippen LogP contribution in [0.25, 0.3) is 0 Å². The minimum atomic E-state index is -0.580. The summed E-state index contributed by atoms with van der Waals surface area (Å²) in [7, 11) is 0. The molecular weight excluding hydrogens is 260 g/mol. The van der Waals surface area contributed by atoms with Crippen molar-refractivity contribution < 1.29 is 14.3 Å². The zero-order chi connectivity index (χ0) is 14.7. The first-order valence-electron chi connectivity index (χ1n) is 6.72. The largest absolute Gasteiger partial charge is 0.464 e. The van der Waals surface area contributed by atoms with E-state index < -0.39 is 23.5 Å². The number of H-pyrrole nitrogens is 1. The number of rotatable bonds is 3. The molecule has 6 nitrogen and oxygen atoms in total. The van der Waals surface area contributed by atoms with E-state index in [1.165, 1.54) is 11.0 Å². The van der Waals surface area contributed by atoms with E-state index in [9.17, 15) is 14.4 Å². The van der Waals surface area contributed by atoms with Gasteiger partial charge in [-0.05, 0) is 38.8 Å². The Morgan fingerprint density at radius 3 is 2.85 bits per heavy atom. The molecule has 0 bridgehead atoms. The van der Waals surface area contributed by atoms with Crippen LogP contribution in [-0.4, -0.2) is 41.0 Å². The standard InChI is InChI=1S/C14H18N2O4/c1-3-20-14(19)11-5-4-8-16(11)13(18)10-7-6-9(2)15-12(10)17/h6-7,11H,3-5,8H2,1-2H3,(H,15,17). The number of esters is 1. The molecule has 1 amide bonds. The van der Waals surface area contributed by atoms with Gasteiger partial charge in [0.1, 0.15) is 11.6 Å². The highest BCUT2D eigenvalue weighted by Crippen LogP contribution is 2.20. The quantitative estimate of drug-likeness (QED) is 0.831. The molecule has 1 aromatic heterocycles. The Bertz CT molecular complexity index is 579. The van der Waals surface area contributed by atoms with Gasteiger partial charge in [0.15, 0.2) is 0 Å². The maximum absolute atomic E-state index is 12.4. The number of carbonyl (C=O) groups excluding carboxylic acids is 2. The Balaban J connectivity index is 2.23. The fourth-order valence-electron chi connectivity index (χ4n) is 2.39. The summed E-state index contributed by atoms with van der Waals surface area (Å²) in [4.78, 5) is 40.1. The summed E-state index contributed by atoms with van der Waals surface area (Å²) in [6, 6.07) is 2.59. The third kappa shape index (κ3) is 2.74. The molecule has 1 atom stereocenters. The van der Waals surface area contributed by atoms with Gasteiger partial charge in [-0.1, -0.05) is 0 Å². The van der Waals surface area contributed by atoms with Gasteiger partial charge in [-0.3, -0.25) is 9.59 Å². The van der Waals surface area contributed by atoms with Crippen molar-refractivity contribution in [3.8, 4) is 0 Å². The average molecular weight is 278 g/mol. The van der Waals surface area contributed by atoms with Crippen molar-refractivity contribution in [2.45, 2.75) is 32.7 Å². The van der Waals surface area contributed by atoms with E-state index in [1.54, 1.807) is 19.9 Å². The van der Waals surface area contributed by atoms with E-state index in [1.807, 2.05) is 0 Å².